The van der Waals surface area contributed by atoms with Crippen LogP contribution in [0.1, 0.15) is 18.1 Å². The van der Waals surface area contributed by atoms with E-state index in [0.29, 0.717) is 11.4 Å². The van der Waals surface area contributed by atoms with Gasteiger partial charge in [0.15, 0.2) is 0 Å². The topological polar surface area (TPSA) is 82.0 Å². The van der Waals surface area contributed by atoms with E-state index in [0.717, 1.165) is 12.1 Å². The quantitative estimate of drug-likeness (QED) is 0.622. The summed E-state index contributed by atoms with van der Waals surface area (Å²) in [6.07, 6.45) is -3.26. The van der Waals surface area contributed by atoms with Crippen LogP contribution in [0.5, 0.6) is 0 Å². The third-order valence-electron chi connectivity index (χ3n) is 3.38. The zero-order chi connectivity index (χ0) is 20.0. The third-order valence-corrected chi connectivity index (χ3v) is 3.38. The highest BCUT2D eigenvalue weighted by Crippen LogP contribution is 2.29. The molecular formula is C19H14F3N3O2. The second-order valence-corrected chi connectivity index (χ2v) is 5.50. The Morgan fingerprint density at radius 3 is 1.93 bits per heavy atom. The first-order valence-corrected chi connectivity index (χ1v) is 7.67. The molecule has 0 aliphatic rings. The Morgan fingerprint density at radius 2 is 1.48 bits per heavy atom. The van der Waals surface area contributed by atoms with E-state index in [2.05, 4.69) is 10.6 Å². The van der Waals surface area contributed by atoms with Crippen LogP contribution >= 0.6 is 0 Å². The molecule has 0 spiro atoms. The van der Waals surface area contributed by atoms with Crippen LogP contribution in [0.3, 0.4) is 0 Å². The summed E-state index contributed by atoms with van der Waals surface area (Å²) in [4.78, 5) is 23.2. The molecule has 2 amide bonds. The molecule has 27 heavy (non-hydrogen) atoms. The standard InChI is InChI=1S/C19H14F3N3O2/c1-12(26)24-16-6-8-17(9-7-16)25-18(27)14(11-23)10-13-2-4-15(5-3-13)19(20,21)22/h2-10H,1H3,(H,24,26)(H,25,27). The fourth-order valence-electron chi connectivity index (χ4n) is 2.12. The number of nitrogens with one attached hydrogen (secondary N) is 2. The predicted molar refractivity (Wildman–Crippen MR) is 94.4 cm³/mol. The SMILES string of the molecule is CC(=O)Nc1ccc(NC(=O)C(C#N)=Cc2ccc(C(F)(F)F)cc2)cc1. The van der Waals surface area contributed by atoms with Gasteiger partial charge in [-0.3, -0.25) is 9.59 Å². The highest BCUT2D eigenvalue weighted by Gasteiger charge is 2.29. The Bertz CT molecular complexity index is 909. The van der Waals surface area contributed by atoms with E-state index in [4.69, 9.17) is 5.26 Å². The minimum atomic E-state index is -4.46. The molecule has 0 radical (unpaired) electrons. The van der Waals surface area contributed by atoms with Crippen LogP contribution in [0, 0.1) is 11.3 Å². The molecule has 0 aliphatic carbocycles. The second kappa shape index (κ2) is 8.19. The number of rotatable bonds is 4. The number of hydrogen-bond acceptors (Lipinski definition) is 3. The van der Waals surface area contributed by atoms with Gasteiger partial charge in [-0.2, -0.15) is 18.4 Å². The van der Waals surface area contributed by atoms with Crippen molar-refractivity contribution in [1.82, 2.24) is 0 Å². The molecule has 0 unspecified atom stereocenters. The maximum atomic E-state index is 12.6. The van der Waals surface area contributed by atoms with Crippen LogP contribution in [0.4, 0.5) is 24.5 Å². The molecule has 0 fully saturated rings. The van der Waals surface area contributed by atoms with Crippen molar-refractivity contribution in [2.45, 2.75) is 13.1 Å². The van der Waals surface area contributed by atoms with Gasteiger partial charge in [-0.1, -0.05) is 12.1 Å². The normalized spacial score (nSPS) is 11.4. The Hall–Kier alpha value is -3.60. The van der Waals surface area contributed by atoms with Crippen LogP contribution < -0.4 is 10.6 Å². The first kappa shape index (κ1) is 19.7. The van der Waals surface area contributed by atoms with Gasteiger partial charge in [-0.05, 0) is 48.0 Å². The van der Waals surface area contributed by atoms with Crippen molar-refractivity contribution < 1.29 is 22.8 Å². The van der Waals surface area contributed by atoms with Crippen LogP contribution in [-0.4, -0.2) is 11.8 Å². The fraction of sp³-hybridized carbons (Fsp3) is 0.105. The monoisotopic (exact) mass is 373 g/mol. The fourth-order valence-corrected chi connectivity index (χ4v) is 2.12. The van der Waals surface area contributed by atoms with Crippen molar-refractivity contribution in [2.24, 2.45) is 0 Å². The number of hydrogen-bond donors (Lipinski definition) is 2. The number of alkyl halides is 3. The molecular weight excluding hydrogens is 359 g/mol. The summed E-state index contributed by atoms with van der Waals surface area (Å²) in [5.74, 6) is -0.942. The van der Waals surface area contributed by atoms with Gasteiger partial charge in [0.05, 0.1) is 5.56 Å². The molecule has 5 nitrogen and oxygen atoms in total. The number of anilines is 2. The molecule has 2 rings (SSSR count). The molecule has 138 valence electrons. The number of amides is 2. The maximum Gasteiger partial charge on any atom is 0.416 e. The summed E-state index contributed by atoms with van der Waals surface area (Å²) < 4.78 is 37.7. The third kappa shape index (κ3) is 5.71. The lowest BCUT2D eigenvalue weighted by molar-refractivity contribution is -0.137. The number of nitrogens with zero attached hydrogens (tertiary/aromatic N) is 1. The van der Waals surface area contributed by atoms with Crippen LogP contribution in [0.2, 0.25) is 0 Å². The van der Waals surface area contributed by atoms with E-state index in [9.17, 15) is 22.8 Å². The Kier molecular flexibility index (Phi) is 5.98. The molecule has 0 aliphatic heterocycles. The van der Waals surface area contributed by atoms with Gasteiger partial charge in [-0.15, -0.1) is 0 Å². The molecule has 0 saturated heterocycles. The zero-order valence-electron chi connectivity index (χ0n) is 14.1. The van der Waals surface area contributed by atoms with Gasteiger partial charge in [0.2, 0.25) is 5.91 Å². The minimum Gasteiger partial charge on any atom is -0.326 e. The summed E-state index contributed by atoms with van der Waals surface area (Å²) in [6, 6.07) is 12.0. The number of nitriles is 1. The number of halogens is 3. The molecule has 2 aromatic rings. The lowest BCUT2D eigenvalue weighted by Gasteiger charge is -2.07. The van der Waals surface area contributed by atoms with Gasteiger partial charge in [0.1, 0.15) is 11.6 Å². The zero-order valence-corrected chi connectivity index (χ0v) is 14.1. The van der Waals surface area contributed by atoms with Crippen molar-refractivity contribution in [3.05, 3.63) is 65.2 Å². The van der Waals surface area contributed by atoms with Crippen LogP contribution in [-0.2, 0) is 15.8 Å². The van der Waals surface area contributed by atoms with Crippen molar-refractivity contribution in [3.63, 3.8) is 0 Å². The first-order chi connectivity index (χ1) is 12.7. The largest absolute Gasteiger partial charge is 0.416 e. The highest BCUT2D eigenvalue weighted by molar-refractivity contribution is 6.09. The smallest absolute Gasteiger partial charge is 0.326 e. The number of benzene rings is 2. The van der Waals surface area contributed by atoms with E-state index >= 15 is 0 Å². The molecule has 0 atom stereocenters. The Labute approximate surface area is 153 Å². The van der Waals surface area contributed by atoms with Crippen molar-refractivity contribution in [1.29, 1.82) is 5.26 Å². The molecule has 0 heterocycles. The number of carbonyl (C=O) groups is 2. The molecule has 2 aromatic carbocycles. The lowest BCUT2D eigenvalue weighted by Crippen LogP contribution is -2.13. The van der Waals surface area contributed by atoms with E-state index in [-0.39, 0.29) is 17.0 Å². The van der Waals surface area contributed by atoms with E-state index < -0.39 is 17.6 Å². The molecule has 8 heteroatoms. The van der Waals surface area contributed by atoms with Gasteiger partial charge >= 0.3 is 6.18 Å². The Balaban J connectivity index is 2.12. The summed E-state index contributed by atoms with van der Waals surface area (Å²) in [7, 11) is 0. The van der Waals surface area contributed by atoms with E-state index in [1.807, 2.05) is 0 Å². The Morgan fingerprint density at radius 1 is 0.963 bits per heavy atom. The molecule has 0 bridgehead atoms. The highest BCUT2D eigenvalue weighted by atomic mass is 19.4. The average Bonchev–Trinajstić information content (AvgIpc) is 2.60. The summed E-state index contributed by atoms with van der Waals surface area (Å²) in [5.41, 5.74) is 0.141. The van der Waals surface area contributed by atoms with Crippen molar-refractivity contribution >= 4 is 29.3 Å². The minimum absolute atomic E-state index is 0.238. The first-order valence-electron chi connectivity index (χ1n) is 7.67. The molecule has 2 N–H and O–H groups in total. The van der Waals surface area contributed by atoms with E-state index in [1.54, 1.807) is 18.2 Å². The van der Waals surface area contributed by atoms with Gasteiger partial charge in [0, 0.05) is 18.3 Å². The summed E-state index contributed by atoms with van der Waals surface area (Å²) in [5, 5.41) is 14.2. The van der Waals surface area contributed by atoms with Gasteiger partial charge in [-0.25, -0.2) is 0 Å². The second-order valence-electron chi connectivity index (χ2n) is 5.50. The summed E-state index contributed by atoms with van der Waals surface area (Å²) >= 11 is 0. The summed E-state index contributed by atoms with van der Waals surface area (Å²) in [6.45, 7) is 1.36. The van der Waals surface area contributed by atoms with E-state index in [1.165, 1.54) is 37.3 Å². The van der Waals surface area contributed by atoms with Crippen LogP contribution in [0.15, 0.2) is 54.1 Å². The van der Waals surface area contributed by atoms with Gasteiger partial charge in [0.25, 0.3) is 5.91 Å². The lowest BCUT2D eigenvalue weighted by atomic mass is 10.1. The van der Waals surface area contributed by atoms with Crippen molar-refractivity contribution in [3.8, 4) is 6.07 Å². The average molecular weight is 373 g/mol. The molecule has 0 saturated carbocycles. The van der Waals surface area contributed by atoms with Crippen LogP contribution in [0.25, 0.3) is 6.08 Å². The number of carbonyl (C=O) groups excluding carboxylic acids is 2. The maximum absolute atomic E-state index is 12.6. The predicted octanol–water partition coefficient (Wildman–Crippen LogP) is 4.21. The van der Waals surface area contributed by atoms with Crippen molar-refractivity contribution in [2.75, 3.05) is 10.6 Å². The van der Waals surface area contributed by atoms with Gasteiger partial charge < -0.3 is 10.6 Å². The molecule has 0 aromatic heterocycles.